The van der Waals surface area contributed by atoms with Gasteiger partial charge in [-0.25, -0.2) is 0 Å². The van der Waals surface area contributed by atoms with Crippen LogP contribution in [0.15, 0.2) is 42.5 Å². The molecule has 1 N–H and O–H groups in total. The number of carbonyl (C=O) groups is 3. The Morgan fingerprint density at radius 2 is 1.70 bits per heavy atom. The molecule has 0 radical (unpaired) electrons. The fourth-order valence-corrected chi connectivity index (χ4v) is 2.42. The van der Waals surface area contributed by atoms with Crippen LogP contribution in [0.25, 0.3) is 0 Å². The van der Waals surface area contributed by atoms with Crippen molar-refractivity contribution in [1.82, 2.24) is 4.90 Å². The Morgan fingerprint density at radius 1 is 1.04 bits per heavy atom. The Hall–Kier alpha value is -3.15. The third-order valence-corrected chi connectivity index (χ3v) is 4.31. The number of anilines is 1. The van der Waals surface area contributed by atoms with Crippen LogP contribution in [0.2, 0.25) is 0 Å². The highest BCUT2D eigenvalue weighted by atomic mass is 16.5. The fraction of sp³-hybridized carbons (Fsp3) is 0.286. The summed E-state index contributed by atoms with van der Waals surface area (Å²) in [6.45, 7) is 5.13. The van der Waals surface area contributed by atoms with Crippen LogP contribution < -0.4 is 10.1 Å². The second-order valence-electron chi connectivity index (χ2n) is 6.41. The number of nitrogens with one attached hydrogen (secondary N) is 1. The van der Waals surface area contributed by atoms with Crippen molar-refractivity contribution in [1.29, 1.82) is 0 Å². The van der Waals surface area contributed by atoms with Gasteiger partial charge in [-0.2, -0.15) is 0 Å². The number of hydrogen-bond donors (Lipinski definition) is 1. The van der Waals surface area contributed by atoms with Crippen molar-refractivity contribution in [2.45, 2.75) is 20.8 Å². The second-order valence-corrected chi connectivity index (χ2v) is 6.41. The second kappa shape index (κ2) is 8.98. The molecule has 0 unspecified atom stereocenters. The van der Waals surface area contributed by atoms with Gasteiger partial charge in [0.15, 0.2) is 12.4 Å². The van der Waals surface area contributed by atoms with Gasteiger partial charge in [0.2, 0.25) is 5.91 Å². The number of likely N-dealkylation sites (N-methyl/N-ethyl adjacent to an activating group) is 1. The van der Waals surface area contributed by atoms with Gasteiger partial charge in [0.25, 0.3) is 5.91 Å². The van der Waals surface area contributed by atoms with Gasteiger partial charge in [-0.05, 0) is 62.2 Å². The van der Waals surface area contributed by atoms with E-state index in [1.807, 2.05) is 32.0 Å². The number of ketones is 1. The number of ether oxygens (including phenoxy) is 1. The van der Waals surface area contributed by atoms with E-state index in [1.54, 1.807) is 31.3 Å². The maximum atomic E-state index is 12.2. The van der Waals surface area contributed by atoms with E-state index in [4.69, 9.17) is 4.74 Å². The molecule has 2 amide bonds. The normalized spacial score (nSPS) is 10.2. The Morgan fingerprint density at radius 3 is 2.33 bits per heavy atom. The van der Waals surface area contributed by atoms with Gasteiger partial charge in [-0.15, -0.1) is 0 Å². The topological polar surface area (TPSA) is 75.7 Å². The van der Waals surface area contributed by atoms with E-state index >= 15 is 0 Å². The highest BCUT2D eigenvalue weighted by Crippen LogP contribution is 2.18. The first kappa shape index (κ1) is 20.2. The van der Waals surface area contributed by atoms with E-state index in [1.165, 1.54) is 11.8 Å². The minimum atomic E-state index is -0.318. The monoisotopic (exact) mass is 368 g/mol. The molecule has 0 bridgehead atoms. The molecule has 0 aromatic heterocycles. The Balaban J connectivity index is 1.84. The highest BCUT2D eigenvalue weighted by molar-refractivity contribution is 5.95. The Labute approximate surface area is 159 Å². The van der Waals surface area contributed by atoms with Crippen LogP contribution in [0.5, 0.6) is 5.75 Å². The van der Waals surface area contributed by atoms with E-state index in [9.17, 15) is 14.4 Å². The molecule has 0 aliphatic carbocycles. The maximum absolute atomic E-state index is 12.2. The average molecular weight is 368 g/mol. The molecule has 2 aromatic carbocycles. The summed E-state index contributed by atoms with van der Waals surface area (Å²) in [5, 5.41) is 2.82. The first-order chi connectivity index (χ1) is 12.8. The van der Waals surface area contributed by atoms with Crippen LogP contribution in [0.3, 0.4) is 0 Å². The van der Waals surface area contributed by atoms with Crippen LogP contribution >= 0.6 is 0 Å². The zero-order valence-corrected chi connectivity index (χ0v) is 16.0. The van der Waals surface area contributed by atoms with Crippen LogP contribution in [-0.4, -0.2) is 42.7 Å². The number of amides is 2. The zero-order valence-electron chi connectivity index (χ0n) is 16.0. The molecule has 0 saturated heterocycles. The summed E-state index contributed by atoms with van der Waals surface area (Å²) in [5.74, 6) is -0.138. The molecule has 2 rings (SSSR count). The number of rotatable bonds is 7. The van der Waals surface area contributed by atoms with Crippen molar-refractivity contribution in [3.8, 4) is 5.75 Å². The number of aryl methyl sites for hydroxylation is 1. The van der Waals surface area contributed by atoms with Gasteiger partial charge in [-0.3, -0.25) is 14.4 Å². The van der Waals surface area contributed by atoms with E-state index in [0.717, 1.165) is 16.8 Å². The number of carbonyl (C=O) groups excluding carboxylic acids is 3. The summed E-state index contributed by atoms with van der Waals surface area (Å²) >= 11 is 0. The average Bonchev–Trinajstić information content (AvgIpc) is 2.63. The van der Waals surface area contributed by atoms with Gasteiger partial charge in [-0.1, -0.05) is 12.1 Å². The molecule has 0 aliphatic rings. The predicted octanol–water partition coefficient (Wildman–Crippen LogP) is 2.98. The molecule has 27 heavy (non-hydrogen) atoms. The van der Waals surface area contributed by atoms with Crippen molar-refractivity contribution in [2.24, 2.45) is 0 Å². The lowest BCUT2D eigenvalue weighted by atomic mass is 10.1. The summed E-state index contributed by atoms with van der Waals surface area (Å²) in [4.78, 5) is 36.9. The molecule has 2 aromatic rings. The van der Waals surface area contributed by atoms with Crippen molar-refractivity contribution in [3.05, 3.63) is 59.2 Å². The summed E-state index contributed by atoms with van der Waals surface area (Å²) in [7, 11) is 1.55. The lowest BCUT2D eigenvalue weighted by molar-refractivity contribution is -0.135. The lowest BCUT2D eigenvalue weighted by Gasteiger charge is -2.18. The largest absolute Gasteiger partial charge is 0.484 e. The molecule has 6 nitrogen and oxygen atoms in total. The predicted molar refractivity (Wildman–Crippen MR) is 104 cm³/mol. The van der Waals surface area contributed by atoms with Crippen LogP contribution in [0, 0.1) is 13.8 Å². The van der Waals surface area contributed by atoms with E-state index in [2.05, 4.69) is 5.32 Å². The third-order valence-electron chi connectivity index (χ3n) is 4.31. The summed E-state index contributed by atoms with van der Waals surface area (Å²) in [6, 6.07) is 12.2. The molecule has 0 heterocycles. The standard InChI is InChI=1S/C21H24N2O4/c1-14-6-5-7-19(15(14)2)22-20(25)12-23(4)21(26)13-27-18-10-8-17(9-11-18)16(3)24/h5-11H,12-13H2,1-4H3,(H,22,25). The quantitative estimate of drug-likeness (QED) is 0.763. The molecule has 142 valence electrons. The van der Waals surface area contributed by atoms with Gasteiger partial charge in [0.05, 0.1) is 6.54 Å². The van der Waals surface area contributed by atoms with Gasteiger partial charge < -0.3 is 15.0 Å². The summed E-state index contributed by atoms with van der Waals surface area (Å²) in [6.07, 6.45) is 0. The van der Waals surface area contributed by atoms with Crippen LogP contribution in [0.1, 0.15) is 28.4 Å². The van der Waals surface area contributed by atoms with Crippen molar-refractivity contribution < 1.29 is 19.1 Å². The number of nitrogens with zero attached hydrogens (tertiary/aromatic N) is 1. The molecule has 0 spiro atoms. The minimum Gasteiger partial charge on any atom is -0.484 e. The molecular formula is C21H24N2O4. The van der Waals surface area contributed by atoms with E-state index < -0.39 is 0 Å². The fourth-order valence-electron chi connectivity index (χ4n) is 2.42. The first-order valence-electron chi connectivity index (χ1n) is 8.61. The van der Waals surface area contributed by atoms with Gasteiger partial charge >= 0.3 is 0 Å². The summed E-state index contributed by atoms with van der Waals surface area (Å²) in [5.41, 5.74) is 3.40. The van der Waals surface area contributed by atoms with Gasteiger partial charge in [0.1, 0.15) is 5.75 Å². The number of benzene rings is 2. The minimum absolute atomic E-state index is 0.0350. The molecule has 0 saturated carbocycles. The molecule has 0 aliphatic heterocycles. The van der Waals surface area contributed by atoms with E-state index in [0.29, 0.717) is 11.3 Å². The van der Waals surface area contributed by atoms with Crippen molar-refractivity contribution >= 4 is 23.3 Å². The van der Waals surface area contributed by atoms with Crippen molar-refractivity contribution in [3.63, 3.8) is 0 Å². The molecule has 0 atom stereocenters. The third kappa shape index (κ3) is 5.67. The summed E-state index contributed by atoms with van der Waals surface area (Å²) < 4.78 is 5.42. The zero-order chi connectivity index (χ0) is 20.0. The highest BCUT2D eigenvalue weighted by Gasteiger charge is 2.14. The Bertz CT molecular complexity index is 844. The smallest absolute Gasteiger partial charge is 0.260 e. The lowest BCUT2D eigenvalue weighted by Crippen LogP contribution is -2.37. The SMILES string of the molecule is CC(=O)c1ccc(OCC(=O)N(C)CC(=O)Nc2cccc(C)c2C)cc1. The molecule has 0 fully saturated rings. The molecule has 6 heteroatoms. The van der Waals surface area contributed by atoms with E-state index in [-0.39, 0.29) is 30.7 Å². The molecular weight excluding hydrogens is 344 g/mol. The van der Waals surface area contributed by atoms with Crippen molar-refractivity contribution in [2.75, 3.05) is 25.5 Å². The van der Waals surface area contributed by atoms with Gasteiger partial charge in [0, 0.05) is 18.3 Å². The van der Waals surface area contributed by atoms with Crippen LogP contribution in [0.4, 0.5) is 5.69 Å². The Kier molecular flexibility index (Phi) is 6.71. The number of hydrogen-bond acceptors (Lipinski definition) is 4. The maximum Gasteiger partial charge on any atom is 0.260 e. The number of Topliss-reactive ketones (excluding diaryl/α,β-unsaturated/α-hetero) is 1. The first-order valence-corrected chi connectivity index (χ1v) is 8.61. The van der Waals surface area contributed by atoms with Crippen LogP contribution in [-0.2, 0) is 9.59 Å².